The highest BCUT2D eigenvalue weighted by Gasteiger charge is 2.23. The third-order valence-electron chi connectivity index (χ3n) is 4.13. The Kier molecular flexibility index (Phi) is 4.46. The summed E-state index contributed by atoms with van der Waals surface area (Å²) in [5.41, 5.74) is 3.19. The second-order valence-corrected chi connectivity index (χ2v) is 5.54. The molecular weight excluding hydrogens is 236 g/mol. The molecule has 0 aromatic heterocycles. The number of anilines is 2. The Morgan fingerprint density at radius 2 is 2.05 bits per heavy atom. The molecule has 19 heavy (non-hydrogen) atoms. The fourth-order valence-electron chi connectivity index (χ4n) is 2.73. The van der Waals surface area contributed by atoms with Crippen LogP contribution in [0.25, 0.3) is 0 Å². The lowest BCUT2D eigenvalue weighted by Crippen LogP contribution is -2.22. The van der Waals surface area contributed by atoms with E-state index >= 15 is 0 Å². The predicted octanol–water partition coefficient (Wildman–Crippen LogP) is 3.94. The molecule has 1 aliphatic rings. The van der Waals surface area contributed by atoms with Crippen molar-refractivity contribution in [3.63, 3.8) is 0 Å². The minimum atomic E-state index is 0.0643. The molecule has 1 aromatic carbocycles. The van der Waals surface area contributed by atoms with Gasteiger partial charge in [-0.3, -0.25) is 4.79 Å². The number of rotatable bonds is 4. The summed E-state index contributed by atoms with van der Waals surface area (Å²) in [4.78, 5) is 11.5. The number of carbonyl (C=O) groups excluding carboxylic acids is 1. The largest absolute Gasteiger partial charge is 0.382 e. The highest BCUT2D eigenvalue weighted by molar-refractivity contribution is 5.92. The van der Waals surface area contributed by atoms with Gasteiger partial charge in [0.25, 0.3) is 0 Å². The van der Waals surface area contributed by atoms with E-state index < -0.39 is 0 Å². The van der Waals surface area contributed by atoms with Crippen LogP contribution < -0.4 is 10.6 Å². The van der Waals surface area contributed by atoms with Crippen LogP contribution in [0.3, 0.4) is 0 Å². The average molecular weight is 260 g/mol. The van der Waals surface area contributed by atoms with Crippen LogP contribution in [0, 0.1) is 12.8 Å². The van der Waals surface area contributed by atoms with Crippen molar-refractivity contribution in [3.8, 4) is 0 Å². The van der Waals surface area contributed by atoms with Crippen molar-refractivity contribution < 1.29 is 4.79 Å². The maximum absolute atomic E-state index is 11.5. The van der Waals surface area contributed by atoms with Gasteiger partial charge in [0, 0.05) is 23.8 Å². The monoisotopic (exact) mass is 260 g/mol. The van der Waals surface area contributed by atoms with Gasteiger partial charge in [0.1, 0.15) is 0 Å². The third-order valence-corrected chi connectivity index (χ3v) is 4.13. The number of nitrogens with one attached hydrogen (secondary N) is 2. The van der Waals surface area contributed by atoms with Gasteiger partial charge in [-0.25, -0.2) is 0 Å². The van der Waals surface area contributed by atoms with Gasteiger partial charge < -0.3 is 10.6 Å². The van der Waals surface area contributed by atoms with Crippen molar-refractivity contribution in [2.24, 2.45) is 5.92 Å². The zero-order valence-electron chi connectivity index (χ0n) is 12.1. The maximum Gasteiger partial charge on any atom is 0.224 e. The molecule has 0 aliphatic heterocycles. The molecule has 0 heterocycles. The normalized spacial score (nSPS) is 22.3. The first-order valence-electron chi connectivity index (χ1n) is 7.27. The average Bonchev–Trinajstić information content (AvgIpc) is 2.80. The van der Waals surface area contributed by atoms with Gasteiger partial charge in [-0.15, -0.1) is 0 Å². The summed E-state index contributed by atoms with van der Waals surface area (Å²) < 4.78 is 0. The Morgan fingerprint density at radius 1 is 1.32 bits per heavy atom. The Morgan fingerprint density at radius 3 is 2.68 bits per heavy atom. The van der Waals surface area contributed by atoms with E-state index in [2.05, 4.69) is 30.5 Å². The molecule has 2 atom stereocenters. The number of hydrogen-bond donors (Lipinski definition) is 2. The topological polar surface area (TPSA) is 41.1 Å². The van der Waals surface area contributed by atoms with Crippen molar-refractivity contribution in [2.45, 2.75) is 52.5 Å². The van der Waals surface area contributed by atoms with Crippen LogP contribution in [0.4, 0.5) is 11.4 Å². The lowest BCUT2D eigenvalue weighted by molar-refractivity contribution is -0.115. The van der Waals surface area contributed by atoms with Gasteiger partial charge >= 0.3 is 0 Å². The molecule has 0 radical (unpaired) electrons. The highest BCUT2D eigenvalue weighted by Crippen LogP contribution is 2.31. The number of carbonyl (C=O) groups is 1. The SMILES string of the molecule is CCC(=O)Nc1cccc(NC2CCCC2C)c1C. The highest BCUT2D eigenvalue weighted by atomic mass is 16.1. The Balaban J connectivity index is 2.12. The van der Waals surface area contributed by atoms with Gasteiger partial charge in [-0.2, -0.15) is 0 Å². The van der Waals surface area contributed by atoms with E-state index in [1.54, 1.807) is 0 Å². The fraction of sp³-hybridized carbons (Fsp3) is 0.562. The molecule has 3 nitrogen and oxygen atoms in total. The molecular formula is C16H24N2O. The van der Waals surface area contributed by atoms with Gasteiger partial charge in [0.2, 0.25) is 5.91 Å². The van der Waals surface area contributed by atoms with Crippen LogP contribution in [0.2, 0.25) is 0 Å². The summed E-state index contributed by atoms with van der Waals surface area (Å²) in [5.74, 6) is 0.794. The lowest BCUT2D eigenvalue weighted by atomic mass is 10.0. The van der Waals surface area contributed by atoms with Gasteiger partial charge in [-0.05, 0) is 43.4 Å². The molecule has 0 saturated heterocycles. The van der Waals surface area contributed by atoms with Crippen LogP contribution in [0.1, 0.15) is 45.1 Å². The molecule has 1 saturated carbocycles. The molecule has 1 fully saturated rings. The number of hydrogen-bond acceptors (Lipinski definition) is 2. The van der Waals surface area contributed by atoms with Gasteiger partial charge in [-0.1, -0.05) is 26.3 Å². The zero-order chi connectivity index (χ0) is 13.8. The Bertz CT molecular complexity index is 456. The molecule has 1 aliphatic carbocycles. The predicted molar refractivity (Wildman–Crippen MR) is 80.5 cm³/mol. The maximum atomic E-state index is 11.5. The smallest absolute Gasteiger partial charge is 0.224 e. The van der Waals surface area contributed by atoms with E-state index in [-0.39, 0.29) is 5.91 Å². The first-order valence-corrected chi connectivity index (χ1v) is 7.27. The lowest BCUT2D eigenvalue weighted by Gasteiger charge is -2.21. The number of benzene rings is 1. The van der Waals surface area contributed by atoms with Crippen LogP contribution >= 0.6 is 0 Å². The third kappa shape index (κ3) is 3.28. The molecule has 2 rings (SSSR count). The molecule has 2 unspecified atom stereocenters. The summed E-state index contributed by atoms with van der Waals surface area (Å²) in [6.07, 6.45) is 4.37. The quantitative estimate of drug-likeness (QED) is 0.860. The minimum Gasteiger partial charge on any atom is -0.382 e. The molecule has 1 aromatic rings. The Labute approximate surface area is 115 Å². The number of amides is 1. The van der Waals surface area contributed by atoms with Crippen molar-refractivity contribution in [1.82, 2.24) is 0 Å². The Hall–Kier alpha value is -1.51. The van der Waals surface area contributed by atoms with Crippen molar-refractivity contribution >= 4 is 17.3 Å². The molecule has 104 valence electrons. The van der Waals surface area contributed by atoms with Crippen LogP contribution in [-0.4, -0.2) is 11.9 Å². The van der Waals surface area contributed by atoms with Gasteiger partial charge in [0.15, 0.2) is 0 Å². The van der Waals surface area contributed by atoms with E-state index in [0.717, 1.165) is 22.9 Å². The van der Waals surface area contributed by atoms with Crippen LogP contribution in [-0.2, 0) is 4.79 Å². The summed E-state index contributed by atoms with van der Waals surface area (Å²) in [5, 5.41) is 6.60. The van der Waals surface area contributed by atoms with Crippen molar-refractivity contribution in [3.05, 3.63) is 23.8 Å². The van der Waals surface area contributed by atoms with Crippen LogP contribution in [0.15, 0.2) is 18.2 Å². The first-order chi connectivity index (χ1) is 9.11. The fourth-order valence-corrected chi connectivity index (χ4v) is 2.73. The van der Waals surface area contributed by atoms with Crippen molar-refractivity contribution in [2.75, 3.05) is 10.6 Å². The minimum absolute atomic E-state index is 0.0643. The van der Waals surface area contributed by atoms with E-state index in [1.165, 1.54) is 19.3 Å². The second-order valence-electron chi connectivity index (χ2n) is 5.54. The summed E-state index contributed by atoms with van der Waals surface area (Å²) in [6.45, 7) is 6.24. The molecule has 0 spiro atoms. The van der Waals surface area contributed by atoms with Crippen molar-refractivity contribution in [1.29, 1.82) is 0 Å². The van der Waals surface area contributed by atoms with E-state index in [0.29, 0.717) is 12.5 Å². The molecule has 0 bridgehead atoms. The molecule has 2 N–H and O–H groups in total. The summed E-state index contributed by atoms with van der Waals surface area (Å²) >= 11 is 0. The standard InChI is InChI=1S/C16H24N2O/c1-4-16(19)18-15-10-6-9-14(12(15)3)17-13-8-5-7-11(13)2/h6,9-11,13,17H,4-5,7-8H2,1-3H3,(H,18,19). The summed E-state index contributed by atoms with van der Waals surface area (Å²) in [7, 11) is 0. The first kappa shape index (κ1) is 13.9. The van der Waals surface area contributed by atoms with E-state index in [1.807, 2.05) is 19.1 Å². The van der Waals surface area contributed by atoms with Crippen LogP contribution in [0.5, 0.6) is 0 Å². The zero-order valence-corrected chi connectivity index (χ0v) is 12.1. The van der Waals surface area contributed by atoms with E-state index in [4.69, 9.17) is 0 Å². The molecule has 3 heteroatoms. The van der Waals surface area contributed by atoms with E-state index in [9.17, 15) is 4.79 Å². The summed E-state index contributed by atoms with van der Waals surface area (Å²) in [6, 6.07) is 6.63. The second kappa shape index (κ2) is 6.09. The van der Waals surface area contributed by atoms with Gasteiger partial charge in [0.05, 0.1) is 0 Å². The molecule has 1 amide bonds.